The van der Waals surface area contributed by atoms with Crippen molar-refractivity contribution >= 4 is 17.3 Å². The largest absolute Gasteiger partial charge is 0.459 e. The molecule has 0 bridgehead atoms. The molecule has 0 spiro atoms. The molecule has 1 aromatic heterocycles. The lowest BCUT2D eigenvalue weighted by atomic mass is 10.1. The molecule has 0 aliphatic heterocycles. The summed E-state index contributed by atoms with van der Waals surface area (Å²) in [5.74, 6) is -0.287. The van der Waals surface area contributed by atoms with Crippen molar-refractivity contribution in [3.05, 3.63) is 58.0 Å². The van der Waals surface area contributed by atoms with E-state index in [-0.39, 0.29) is 11.4 Å². The summed E-state index contributed by atoms with van der Waals surface area (Å²) in [6.07, 6.45) is 1.38. The minimum Gasteiger partial charge on any atom is -0.459 e. The van der Waals surface area contributed by atoms with E-state index in [1.807, 2.05) is 0 Å². The Kier molecular flexibility index (Phi) is 3.09. The molecule has 18 heavy (non-hydrogen) atoms. The molecule has 0 saturated heterocycles. The minimum atomic E-state index is -0.488. The molecule has 0 aliphatic rings. The van der Waals surface area contributed by atoms with Gasteiger partial charge in [0.15, 0.2) is 5.76 Å². The number of furan rings is 1. The van der Waals surface area contributed by atoms with Crippen LogP contribution in [0.2, 0.25) is 0 Å². The first-order valence-corrected chi connectivity index (χ1v) is 5.18. The zero-order valence-corrected chi connectivity index (χ0v) is 9.54. The number of carbonyl (C=O) groups excluding carboxylic acids is 1. The van der Waals surface area contributed by atoms with Crippen molar-refractivity contribution < 1.29 is 14.1 Å². The van der Waals surface area contributed by atoms with E-state index >= 15 is 0 Å². The number of benzene rings is 1. The zero-order valence-electron chi connectivity index (χ0n) is 9.54. The summed E-state index contributed by atoms with van der Waals surface area (Å²) in [6.45, 7) is 1.58. The average molecular weight is 246 g/mol. The maximum Gasteiger partial charge on any atom is 0.291 e. The fourth-order valence-corrected chi connectivity index (χ4v) is 1.55. The van der Waals surface area contributed by atoms with Crippen molar-refractivity contribution in [2.24, 2.45) is 0 Å². The maximum atomic E-state index is 11.7. The molecule has 6 heteroatoms. The zero-order chi connectivity index (χ0) is 13.1. The van der Waals surface area contributed by atoms with Crippen LogP contribution in [-0.4, -0.2) is 10.8 Å². The molecule has 1 heterocycles. The van der Waals surface area contributed by atoms with Crippen LogP contribution in [0, 0.1) is 17.0 Å². The molecule has 92 valence electrons. The van der Waals surface area contributed by atoms with Crippen molar-refractivity contribution in [1.82, 2.24) is 0 Å². The topological polar surface area (TPSA) is 85.4 Å². The summed E-state index contributed by atoms with van der Waals surface area (Å²) in [6, 6.07) is 7.61. The number of nitrogens with zero attached hydrogens (tertiary/aromatic N) is 1. The fraction of sp³-hybridized carbons (Fsp3) is 0.0833. The fourth-order valence-electron chi connectivity index (χ4n) is 1.55. The monoisotopic (exact) mass is 246 g/mol. The highest BCUT2D eigenvalue weighted by atomic mass is 16.6. The molecule has 1 N–H and O–H groups in total. The SMILES string of the molecule is Cc1c(NC(=O)c2ccco2)cccc1[N+](=O)[O-]. The van der Waals surface area contributed by atoms with Gasteiger partial charge in [0, 0.05) is 6.07 Å². The number of nitro groups is 1. The van der Waals surface area contributed by atoms with Gasteiger partial charge in [0.1, 0.15) is 0 Å². The molecule has 0 atom stereocenters. The number of hydrogen-bond acceptors (Lipinski definition) is 4. The third-order valence-electron chi connectivity index (χ3n) is 2.50. The van der Waals surface area contributed by atoms with Gasteiger partial charge in [0.25, 0.3) is 11.6 Å². The average Bonchev–Trinajstić information content (AvgIpc) is 2.85. The summed E-state index contributed by atoms with van der Waals surface area (Å²) in [7, 11) is 0. The van der Waals surface area contributed by atoms with Crippen molar-refractivity contribution in [1.29, 1.82) is 0 Å². The second-order valence-electron chi connectivity index (χ2n) is 3.64. The third-order valence-corrected chi connectivity index (χ3v) is 2.50. The van der Waals surface area contributed by atoms with Crippen LogP contribution in [0.25, 0.3) is 0 Å². The first-order chi connectivity index (χ1) is 8.59. The summed E-state index contributed by atoms with van der Waals surface area (Å²) in [5, 5.41) is 13.3. The first kappa shape index (κ1) is 11.8. The molecule has 0 radical (unpaired) electrons. The predicted octanol–water partition coefficient (Wildman–Crippen LogP) is 2.75. The number of carbonyl (C=O) groups is 1. The van der Waals surface area contributed by atoms with Gasteiger partial charge in [0.2, 0.25) is 0 Å². The van der Waals surface area contributed by atoms with Crippen LogP contribution in [0.3, 0.4) is 0 Å². The molecular formula is C12H10N2O4. The molecule has 0 saturated carbocycles. The van der Waals surface area contributed by atoms with Gasteiger partial charge in [-0.3, -0.25) is 14.9 Å². The van der Waals surface area contributed by atoms with Gasteiger partial charge < -0.3 is 9.73 Å². The van der Waals surface area contributed by atoms with Crippen LogP contribution < -0.4 is 5.32 Å². The predicted molar refractivity (Wildman–Crippen MR) is 64.5 cm³/mol. The van der Waals surface area contributed by atoms with Crippen molar-refractivity contribution in [3.63, 3.8) is 0 Å². The van der Waals surface area contributed by atoms with E-state index < -0.39 is 10.8 Å². The summed E-state index contributed by atoms with van der Waals surface area (Å²) in [5.41, 5.74) is 0.764. The van der Waals surface area contributed by atoms with Crippen molar-refractivity contribution in [2.45, 2.75) is 6.92 Å². The maximum absolute atomic E-state index is 11.7. The van der Waals surface area contributed by atoms with E-state index in [0.717, 1.165) is 0 Å². The lowest BCUT2D eigenvalue weighted by Gasteiger charge is -2.06. The number of nitrogens with one attached hydrogen (secondary N) is 1. The number of nitro benzene ring substituents is 1. The van der Waals surface area contributed by atoms with E-state index in [1.165, 1.54) is 24.5 Å². The number of anilines is 1. The van der Waals surface area contributed by atoms with Crippen LogP contribution in [0.5, 0.6) is 0 Å². The Morgan fingerprint density at radius 3 is 2.72 bits per heavy atom. The lowest BCUT2D eigenvalue weighted by Crippen LogP contribution is -2.12. The summed E-state index contributed by atoms with van der Waals surface area (Å²) in [4.78, 5) is 22.0. The van der Waals surface area contributed by atoms with E-state index in [0.29, 0.717) is 11.3 Å². The molecule has 2 rings (SSSR count). The molecule has 2 aromatic rings. The van der Waals surface area contributed by atoms with E-state index in [2.05, 4.69) is 5.32 Å². The lowest BCUT2D eigenvalue weighted by molar-refractivity contribution is -0.385. The number of hydrogen-bond donors (Lipinski definition) is 1. The Bertz CT molecular complexity index is 590. The number of rotatable bonds is 3. The molecule has 0 unspecified atom stereocenters. The summed E-state index contributed by atoms with van der Waals surface area (Å²) < 4.78 is 4.94. The first-order valence-electron chi connectivity index (χ1n) is 5.18. The van der Waals surface area contributed by atoms with Gasteiger partial charge in [0.05, 0.1) is 22.4 Å². The smallest absolute Gasteiger partial charge is 0.291 e. The van der Waals surface area contributed by atoms with E-state index in [4.69, 9.17) is 4.42 Å². The van der Waals surface area contributed by atoms with Crippen LogP contribution in [0.15, 0.2) is 41.0 Å². The molecule has 1 aromatic carbocycles. The Morgan fingerprint density at radius 2 is 2.11 bits per heavy atom. The summed E-state index contributed by atoms with van der Waals surface area (Å²) >= 11 is 0. The Balaban J connectivity index is 2.27. The van der Waals surface area contributed by atoms with E-state index in [9.17, 15) is 14.9 Å². The van der Waals surface area contributed by atoms with Crippen molar-refractivity contribution in [3.8, 4) is 0 Å². The van der Waals surface area contributed by atoms with Crippen LogP contribution in [0.4, 0.5) is 11.4 Å². The van der Waals surface area contributed by atoms with Crippen LogP contribution in [0.1, 0.15) is 16.1 Å². The highest BCUT2D eigenvalue weighted by molar-refractivity contribution is 6.02. The van der Waals surface area contributed by atoms with Gasteiger partial charge >= 0.3 is 0 Å². The van der Waals surface area contributed by atoms with Gasteiger partial charge in [-0.2, -0.15) is 0 Å². The van der Waals surface area contributed by atoms with E-state index in [1.54, 1.807) is 19.1 Å². The van der Waals surface area contributed by atoms with Gasteiger partial charge in [-0.1, -0.05) is 6.07 Å². The quantitative estimate of drug-likeness (QED) is 0.666. The highest BCUT2D eigenvalue weighted by Gasteiger charge is 2.16. The highest BCUT2D eigenvalue weighted by Crippen LogP contribution is 2.25. The second kappa shape index (κ2) is 4.70. The van der Waals surface area contributed by atoms with Gasteiger partial charge in [-0.15, -0.1) is 0 Å². The Labute approximate surface area is 102 Å². The minimum absolute atomic E-state index is 0.0350. The van der Waals surface area contributed by atoms with Crippen LogP contribution in [-0.2, 0) is 0 Å². The Morgan fingerprint density at radius 1 is 1.33 bits per heavy atom. The normalized spacial score (nSPS) is 10.1. The standard InChI is InChI=1S/C12H10N2O4/c1-8-9(4-2-5-10(8)14(16)17)13-12(15)11-6-3-7-18-11/h2-7H,1H3,(H,13,15). The molecular weight excluding hydrogens is 236 g/mol. The second-order valence-corrected chi connectivity index (χ2v) is 3.64. The van der Waals surface area contributed by atoms with Gasteiger partial charge in [-0.25, -0.2) is 0 Å². The molecule has 6 nitrogen and oxygen atoms in total. The molecule has 0 fully saturated rings. The molecule has 1 amide bonds. The third kappa shape index (κ3) is 2.22. The van der Waals surface area contributed by atoms with Crippen LogP contribution >= 0.6 is 0 Å². The molecule has 0 aliphatic carbocycles. The van der Waals surface area contributed by atoms with Crippen molar-refractivity contribution in [2.75, 3.05) is 5.32 Å². The Hall–Kier alpha value is -2.63. The number of amides is 1. The van der Waals surface area contributed by atoms with Gasteiger partial charge in [-0.05, 0) is 25.1 Å².